The van der Waals surface area contributed by atoms with Crippen molar-refractivity contribution in [1.29, 1.82) is 0 Å². The minimum absolute atomic E-state index is 0. The van der Waals surface area contributed by atoms with E-state index >= 15 is 0 Å². The summed E-state index contributed by atoms with van der Waals surface area (Å²) in [6.07, 6.45) is 2.96. The number of nitrogens with zero attached hydrogens (tertiary/aromatic N) is 1. The maximum absolute atomic E-state index is 12.9. The average molecular weight is 477 g/mol. The van der Waals surface area contributed by atoms with E-state index in [0.717, 1.165) is 40.7 Å². The van der Waals surface area contributed by atoms with Gasteiger partial charge in [0.1, 0.15) is 5.75 Å². The summed E-state index contributed by atoms with van der Waals surface area (Å²) in [5, 5.41) is 5.00. The van der Waals surface area contributed by atoms with Gasteiger partial charge in [-0.15, -0.1) is 0 Å². The number of fused-ring (bicyclic) bond motifs is 4. The molecule has 0 radical (unpaired) electrons. The molecule has 34 heavy (non-hydrogen) atoms. The molecule has 1 aliphatic heterocycles. The topological polar surface area (TPSA) is 60.7 Å². The first-order valence-electron chi connectivity index (χ1n) is 10.8. The normalized spacial score (nSPS) is 11.6. The first kappa shape index (κ1) is 23.4. The number of aromatic nitrogens is 1. The lowest BCUT2D eigenvalue weighted by atomic mass is 9.95. The van der Waals surface area contributed by atoms with E-state index in [1.54, 1.807) is 33.5 Å². The summed E-state index contributed by atoms with van der Waals surface area (Å²) in [7, 11) is 4.91. The van der Waals surface area contributed by atoms with E-state index in [9.17, 15) is 4.79 Å². The highest BCUT2D eigenvalue weighted by Gasteiger charge is 2.27. The Morgan fingerprint density at radius 2 is 1.59 bits per heavy atom. The number of rotatable bonds is 5. The monoisotopic (exact) mass is 476 g/mol. The van der Waals surface area contributed by atoms with Crippen LogP contribution in [0, 0.1) is 0 Å². The van der Waals surface area contributed by atoms with Crippen molar-refractivity contribution in [3.8, 4) is 28.5 Å². The third kappa shape index (κ3) is 4.01. The molecule has 0 spiro atoms. The first-order chi connectivity index (χ1) is 16.1. The number of benzene rings is 3. The molecule has 4 aromatic rings. The zero-order chi connectivity index (χ0) is 22.9. The van der Waals surface area contributed by atoms with E-state index in [0.29, 0.717) is 22.7 Å². The number of ether oxygens (including phenoxy) is 3. The number of halogens is 1. The van der Waals surface area contributed by atoms with E-state index in [1.165, 1.54) is 5.56 Å². The molecule has 7 heteroatoms. The van der Waals surface area contributed by atoms with E-state index < -0.39 is 0 Å². The van der Waals surface area contributed by atoms with Crippen LogP contribution in [0.4, 0.5) is 5.69 Å². The van der Waals surface area contributed by atoms with Gasteiger partial charge in [0.15, 0.2) is 24.2 Å². The summed E-state index contributed by atoms with van der Waals surface area (Å²) in [6.45, 7) is 0.817. The third-order valence-electron chi connectivity index (χ3n) is 6.13. The molecule has 0 aliphatic carbocycles. The van der Waals surface area contributed by atoms with Crippen molar-refractivity contribution in [1.82, 2.24) is 0 Å². The number of aryl methyl sites for hydroxylation is 2. The maximum Gasteiger partial charge on any atom is 0.255 e. The van der Waals surface area contributed by atoms with Crippen LogP contribution < -0.4 is 36.5 Å². The van der Waals surface area contributed by atoms with Crippen molar-refractivity contribution in [3.05, 3.63) is 78.0 Å². The lowest BCUT2D eigenvalue weighted by molar-refractivity contribution is -0.686. The van der Waals surface area contributed by atoms with E-state index in [-0.39, 0.29) is 18.3 Å². The Kier molecular flexibility index (Phi) is 6.61. The lowest BCUT2D eigenvalue weighted by Gasteiger charge is -2.19. The van der Waals surface area contributed by atoms with Gasteiger partial charge in [0, 0.05) is 18.1 Å². The number of methoxy groups -OCH3 is 3. The Morgan fingerprint density at radius 3 is 2.29 bits per heavy atom. The molecule has 0 saturated carbocycles. The van der Waals surface area contributed by atoms with Gasteiger partial charge in [0.2, 0.25) is 5.69 Å². The van der Waals surface area contributed by atoms with Crippen LogP contribution >= 0.6 is 0 Å². The highest BCUT2D eigenvalue weighted by atomic mass is 35.5. The fourth-order valence-corrected chi connectivity index (χ4v) is 4.44. The van der Waals surface area contributed by atoms with Crippen molar-refractivity contribution >= 4 is 22.4 Å². The Labute approximate surface area is 204 Å². The van der Waals surface area contributed by atoms with Gasteiger partial charge in [0.05, 0.1) is 38.0 Å². The van der Waals surface area contributed by atoms with Gasteiger partial charge in [-0.05, 0) is 41.3 Å². The first-order valence-corrected chi connectivity index (χ1v) is 10.8. The summed E-state index contributed by atoms with van der Waals surface area (Å²) in [5.74, 6) is 1.89. The second-order valence-corrected chi connectivity index (χ2v) is 7.93. The highest BCUT2D eigenvalue weighted by Crippen LogP contribution is 2.39. The van der Waals surface area contributed by atoms with Gasteiger partial charge in [-0.3, -0.25) is 4.79 Å². The van der Waals surface area contributed by atoms with Crippen molar-refractivity contribution in [2.45, 2.75) is 13.0 Å². The maximum atomic E-state index is 12.9. The van der Waals surface area contributed by atoms with Crippen LogP contribution in [0.5, 0.6) is 17.2 Å². The van der Waals surface area contributed by atoms with Gasteiger partial charge >= 0.3 is 0 Å². The Balaban J connectivity index is 0.00000274. The molecule has 5 rings (SSSR count). The van der Waals surface area contributed by atoms with Crippen LogP contribution in [0.1, 0.15) is 15.9 Å². The second-order valence-electron chi connectivity index (χ2n) is 7.93. The molecule has 174 valence electrons. The zero-order valence-electron chi connectivity index (χ0n) is 19.2. The fraction of sp³-hybridized carbons (Fsp3) is 0.185. The van der Waals surface area contributed by atoms with E-state index in [4.69, 9.17) is 14.2 Å². The number of hydrogen-bond donors (Lipinski definition) is 1. The number of carbonyl (C=O) groups excluding carboxylic acids is 1. The predicted octanol–water partition coefficient (Wildman–Crippen LogP) is 1.63. The van der Waals surface area contributed by atoms with Gasteiger partial charge in [-0.1, -0.05) is 24.3 Å². The molecule has 1 aromatic heterocycles. The van der Waals surface area contributed by atoms with Gasteiger partial charge < -0.3 is 31.9 Å². The predicted molar refractivity (Wildman–Crippen MR) is 127 cm³/mol. The minimum atomic E-state index is -0.175. The molecule has 0 atom stereocenters. The van der Waals surface area contributed by atoms with Crippen molar-refractivity contribution in [2.24, 2.45) is 0 Å². The molecule has 2 heterocycles. The Hall–Kier alpha value is -3.77. The van der Waals surface area contributed by atoms with E-state index in [1.807, 2.05) is 36.4 Å². The number of anilines is 1. The fourth-order valence-electron chi connectivity index (χ4n) is 4.44. The Morgan fingerprint density at radius 1 is 0.882 bits per heavy atom. The van der Waals surface area contributed by atoms with Crippen molar-refractivity contribution < 1.29 is 36.0 Å². The van der Waals surface area contributed by atoms with Crippen LogP contribution in [0.3, 0.4) is 0 Å². The summed E-state index contributed by atoms with van der Waals surface area (Å²) in [6, 6.07) is 19.3. The lowest BCUT2D eigenvalue weighted by Crippen LogP contribution is -3.00. The van der Waals surface area contributed by atoms with Crippen LogP contribution in [0.15, 0.2) is 66.9 Å². The summed E-state index contributed by atoms with van der Waals surface area (Å²) in [5.41, 5.74) is 4.69. The summed E-state index contributed by atoms with van der Waals surface area (Å²) in [4.78, 5) is 12.9. The highest BCUT2D eigenvalue weighted by molar-refractivity contribution is 6.10. The number of hydrogen-bond acceptors (Lipinski definition) is 4. The van der Waals surface area contributed by atoms with Crippen LogP contribution in [-0.4, -0.2) is 27.2 Å². The largest absolute Gasteiger partial charge is 1.00 e. The van der Waals surface area contributed by atoms with Crippen molar-refractivity contribution in [2.75, 3.05) is 26.6 Å². The number of amides is 1. The van der Waals surface area contributed by atoms with Crippen LogP contribution in [-0.2, 0) is 13.0 Å². The molecule has 3 aromatic carbocycles. The SMILES string of the molecule is COc1cc2c(cc1OC)-c1cc3ccc(OC)c(NC(=O)c4ccccc4)c3c[n+]1CC2.[Cl-]. The second kappa shape index (κ2) is 9.61. The van der Waals surface area contributed by atoms with Crippen LogP contribution in [0.2, 0.25) is 0 Å². The quantitative estimate of drug-likeness (QED) is 0.445. The molecule has 6 nitrogen and oxygen atoms in total. The smallest absolute Gasteiger partial charge is 0.255 e. The molecular weight excluding hydrogens is 452 g/mol. The minimum Gasteiger partial charge on any atom is -1.00 e. The third-order valence-corrected chi connectivity index (χ3v) is 6.13. The molecule has 0 fully saturated rings. The Bertz CT molecular complexity index is 1370. The van der Waals surface area contributed by atoms with Crippen LogP contribution in [0.25, 0.3) is 22.0 Å². The standard InChI is InChI=1S/C27H24N2O4.ClH/c1-31-23-10-9-18-13-22-20-15-25(33-3)24(32-2)14-19(20)11-12-29(22)16-21(18)26(23)28-27(30)17-7-5-4-6-8-17;/h4-10,13-16H,11-12H2,1-3H3;1H. The van der Waals surface area contributed by atoms with Gasteiger partial charge in [0.25, 0.3) is 5.91 Å². The van der Waals surface area contributed by atoms with E-state index in [2.05, 4.69) is 28.2 Å². The zero-order valence-corrected chi connectivity index (χ0v) is 20.0. The summed E-state index contributed by atoms with van der Waals surface area (Å²) < 4.78 is 18.8. The average Bonchev–Trinajstić information content (AvgIpc) is 2.87. The molecule has 1 N–H and O–H groups in total. The molecule has 0 unspecified atom stereocenters. The number of nitrogens with one attached hydrogen (secondary N) is 1. The summed E-state index contributed by atoms with van der Waals surface area (Å²) >= 11 is 0. The molecule has 0 bridgehead atoms. The molecule has 1 amide bonds. The van der Waals surface area contributed by atoms with Gasteiger partial charge in [-0.25, -0.2) is 0 Å². The molecule has 0 saturated heterocycles. The number of pyridine rings is 1. The number of carbonyl (C=O) groups is 1. The molecular formula is C27H25ClN2O4. The molecule has 1 aliphatic rings. The van der Waals surface area contributed by atoms with Crippen molar-refractivity contribution in [3.63, 3.8) is 0 Å². The van der Waals surface area contributed by atoms with Gasteiger partial charge in [-0.2, -0.15) is 4.57 Å².